The van der Waals surface area contributed by atoms with Crippen molar-refractivity contribution in [3.05, 3.63) is 77.4 Å². The number of phenols is 1. The Morgan fingerprint density at radius 2 is 1.71 bits per heavy atom. The Bertz CT molecular complexity index is 1250. The van der Waals surface area contributed by atoms with Crippen LogP contribution in [0.4, 0.5) is 4.79 Å². The number of phenolic OH excluding ortho intramolecular Hbond substituents is 1. The van der Waals surface area contributed by atoms with Gasteiger partial charge in [-0.3, -0.25) is 14.4 Å². The van der Waals surface area contributed by atoms with E-state index in [9.17, 15) is 24.3 Å². The maximum atomic E-state index is 14.2. The molecule has 0 saturated carbocycles. The van der Waals surface area contributed by atoms with E-state index < -0.39 is 41.6 Å². The van der Waals surface area contributed by atoms with Crippen LogP contribution in [0, 0.1) is 13.8 Å². The van der Waals surface area contributed by atoms with Crippen molar-refractivity contribution in [3.8, 4) is 5.75 Å². The number of hydrogen-bond donors (Lipinski definition) is 3. The van der Waals surface area contributed by atoms with Gasteiger partial charge in [0.25, 0.3) is 0 Å². The summed E-state index contributed by atoms with van der Waals surface area (Å²) in [6.45, 7) is 14.7. The van der Waals surface area contributed by atoms with Crippen LogP contribution in [-0.4, -0.2) is 65.2 Å². The van der Waals surface area contributed by atoms with Crippen LogP contribution < -0.4 is 10.6 Å². The van der Waals surface area contributed by atoms with Crippen molar-refractivity contribution in [3.63, 3.8) is 0 Å². The number of carbonyl (C=O) groups excluding carboxylic acids is 4. The average Bonchev–Trinajstić information content (AvgIpc) is 2.90. The molecule has 2 atom stereocenters. The molecule has 0 aliphatic rings. The second-order valence-corrected chi connectivity index (χ2v) is 10.9. The minimum atomic E-state index is -1.12. The molecule has 2 rings (SSSR count). The summed E-state index contributed by atoms with van der Waals surface area (Å²) in [4.78, 5) is 54.0. The highest BCUT2D eigenvalue weighted by molar-refractivity contribution is 5.92. The Morgan fingerprint density at radius 3 is 2.29 bits per heavy atom. The zero-order valence-electron chi connectivity index (χ0n) is 25.4. The molecule has 42 heavy (non-hydrogen) atoms. The summed E-state index contributed by atoms with van der Waals surface area (Å²) < 4.78 is 10.4. The molecule has 3 amide bonds. The van der Waals surface area contributed by atoms with Gasteiger partial charge in [0.05, 0.1) is 13.0 Å². The summed E-state index contributed by atoms with van der Waals surface area (Å²) in [5.41, 5.74) is 2.36. The highest BCUT2D eigenvalue weighted by Crippen LogP contribution is 2.26. The molecule has 10 heteroatoms. The first-order valence-electron chi connectivity index (χ1n) is 13.9. The lowest BCUT2D eigenvalue weighted by Crippen LogP contribution is -2.54. The van der Waals surface area contributed by atoms with Crippen LogP contribution in [0.5, 0.6) is 5.75 Å². The third kappa shape index (κ3) is 10.6. The van der Waals surface area contributed by atoms with E-state index in [1.165, 1.54) is 23.1 Å². The number of aryl methyl sites for hydroxylation is 2. The largest absolute Gasteiger partial charge is 0.508 e. The number of amides is 3. The van der Waals surface area contributed by atoms with Gasteiger partial charge in [0.1, 0.15) is 23.4 Å². The van der Waals surface area contributed by atoms with Crippen molar-refractivity contribution < 1.29 is 33.8 Å². The Hall–Kier alpha value is -4.34. The van der Waals surface area contributed by atoms with Crippen molar-refractivity contribution >= 4 is 23.9 Å². The predicted octanol–water partition coefficient (Wildman–Crippen LogP) is 4.27. The Morgan fingerprint density at radius 1 is 1.05 bits per heavy atom. The SMILES string of the molecule is C=CCN(C(=O)C(Cc1ccc(O)cc1)NC(=O)OC(C)(C)C)C(C(=O)NCCC(=O)OCC)c1ccc(C)c(C)c1. The van der Waals surface area contributed by atoms with Crippen LogP contribution >= 0.6 is 0 Å². The lowest BCUT2D eigenvalue weighted by atomic mass is 9.97. The van der Waals surface area contributed by atoms with E-state index in [-0.39, 0.29) is 38.3 Å². The number of nitrogens with one attached hydrogen (secondary N) is 2. The highest BCUT2D eigenvalue weighted by Gasteiger charge is 2.36. The minimum absolute atomic E-state index is 0.0101. The summed E-state index contributed by atoms with van der Waals surface area (Å²) in [5.74, 6) is -1.43. The first-order valence-corrected chi connectivity index (χ1v) is 13.9. The molecule has 0 fully saturated rings. The van der Waals surface area contributed by atoms with Crippen molar-refractivity contribution in [2.24, 2.45) is 0 Å². The lowest BCUT2D eigenvalue weighted by Gasteiger charge is -2.34. The van der Waals surface area contributed by atoms with Crippen LogP contribution in [0.1, 0.15) is 62.4 Å². The Kier molecular flexibility index (Phi) is 12.6. The fraction of sp³-hybridized carbons (Fsp3) is 0.438. The zero-order valence-corrected chi connectivity index (χ0v) is 25.4. The molecular formula is C32H43N3O7. The van der Waals surface area contributed by atoms with Gasteiger partial charge in [0.15, 0.2) is 0 Å². The fourth-order valence-electron chi connectivity index (χ4n) is 4.20. The number of aromatic hydroxyl groups is 1. The Balaban J connectivity index is 2.51. The van der Waals surface area contributed by atoms with Gasteiger partial charge in [0.2, 0.25) is 11.8 Å². The second kappa shape index (κ2) is 15.6. The first kappa shape index (κ1) is 33.9. The number of benzene rings is 2. The molecular weight excluding hydrogens is 538 g/mol. The van der Waals surface area contributed by atoms with Crippen LogP contribution in [-0.2, 0) is 30.3 Å². The molecule has 0 aliphatic heterocycles. The van der Waals surface area contributed by atoms with E-state index in [0.29, 0.717) is 11.1 Å². The molecule has 0 bridgehead atoms. The monoisotopic (exact) mass is 581 g/mol. The van der Waals surface area contributed by atoms with Crippen molar-refractivity contribution in [1.29, 1.82) is 0 Å². The normalized spacial score (nSPS) is 12.4. The molecule has 10 nitrogen and oxygen atoms in total. The molecule has 0 radical (unpaired) electrons. The summed E-state index contributed by atoms with van der Waals surface area (Å²) in [7, 11) is 0. The van der Waals surface area contributed by atoms with Gasteiger partial charge in [-0.15, -0.1) is 6.58 Å². The summed E-state index contributed by atoms with van der Waals surface area (Å²) in [5, 5.41) is 15.1. The molecule has 2 aromatic rings. The summed E-state index contributed by atoms with van der Waals surface area (Å²) in [6.07, 6.45) is 0.747. The van der Waals surface area contributed by atoms with Crippen LogP contribution in [0.2, 0.25) is 0 Å². The van der Waals surface area contributed by atoms with Gasteiger partial charge in [-0.1, -0.05) is 36.4 Å². The number of ether oxygens (including phenoxy) is 2. The smallest absolute Gasteiger partial charge is 0.408 e. The molecule has 2 unspecified atom stereocenters. The molecule has 228 valence electrons. The highest BCUT2D eigenvalue weighted by atomic mass is 16.6. The van der Waals surface area contributed by atoms with E-state index in [0.717, 1.165) is 11.1 Å². The van der Waals surface area contributed by atoms with E-state index in [1.54, 1.807) is 45.9 Å². The van der Waals surface area contributed by atoms with E-state index in [1.807, 2.05) is 26.0 Å². The third-order valence-electron chi connectivity index (χ3n) is 6.31. The third-order valence-corrected chi connectivity index (χ3v) is 6.31. The molecule has 0 aromatic heterocycles. The quantitative estimate of drug-likeness (QED) is 0.238. The maximum absolute atomic E-state index is 14.2. The second-order valence-electron chi connectivity index (χ2n) is 10.9. The summed E-state index contributed by atoms with van der Waals surface area (Å²) in [6, 6.07) is 9.53. The van der Waals surface area contributed by atoms with Gasteiger partial charge in [-0.05, 0) is 75.9 Å². The van der Waals surface area contributed by atoms with Gasteiger partial charge in [-0.25, -0.2) is 4.79 Å². The summed E-state index contributed by atoms with van der Waals surface area (Å²) >= 11 is 0. The number of rotatable bonds is 13. The van der Waals surface area contributed by atoms with Crippen molar-refractivity contribution in [1.82, 2.24) is 15.5 Å². The van der Waals surface area contributed by atoms with E-state index in [2.05, 4.69) is 17.2 Å². The predicted molar refractivity (Wildman–Crippen MR) is 160 cm³/mol. The number of esters is 1. The van der Waals surface area contributed by atoms with Gasteiger partial charge in [0, 0.05) is 19.5 Å². The molecule has 0 spiro atoms. The number of carbonyl (C=O) groups is 4. The average molecular weight is 582 g/mol. The van der Waals surface area contributed by atoms with Crippen molar-refractivity contribution in [2.45, 2.75) is 72.1 Å². The molecule has 0 aliphatic carbocycles. The number of alkyl carbamates (subject to hydrolysis) is 1. The molecule has 2 aromatic carbocycles. The maximum Gasteiger partial charge on any atom is 0.408 e. The van der Waals surface area contributed by atoms with Gasteiger partial charge < -0.3 is 30.1 Å². The van der Waals surface area contributed by atoms with Crippen LogP contribution in [0.3, 0.4) is 0 Å². The zero-order chi connectivity index (χ0) is 31.4. The topological polar surface area (TPSA) is 134 Å². The standard InChI is InChI=1S/C32H43N3O7/c1-8-18-35(28(24-13-10-21(3)22(4)19-24)29(38)33-17-16-27(37)41-9-2)30(39)26(34-31(40)42-32(5,6)7)20-23-11-14-25(36)15-12-23/h8,10-15,19,26,28,36H,1,9,16-18,20H2,2-7H3,(H,33,38)(H,34,40). The fourth-order valence-corrected chi connectivity index (χ4v) is 4.20. The van der Waals surface area contributed by atoms with Crippen LogP contribution in [0.25, 0.3) is 0 Å². The Labute approximate surface area is 248 Å². The van der Waals surface area contributed by atoms with E-state index in [4.69, 9.17) is 9.47 Å². The van der Waals surface area contributed by atoms with Gasteiger partial charge in [-0.2, -0.15) is 0 Å². The number of hydrogen-bond acceptors (Lipinski definition) is 7. The van der Waals surface area contributed by atoms with E-state index >= 15 is 0 Å². The minimum Gasteiger partial charge on any atom is -0.508 e. The molecule has 3 N–H and O–H groups in total. The molecule has 0 saturated heterocycles. The van der Waals surface area contributed by atoms with Crippen LogP contribution in [0.15, 0.2) is 55.1 Å². The lowest BCUT2D eigenvalue weighted by molar-refractivity contribution is -0.144. The first-order chi connectivity index (χ1) is 19.7. The van der Waals surface area contributed by atoms with Gasteiger partial charge >= 0.3 is 12.1 Å². The molecule has 0 heterocycles. The number of nitrogens with zero attached hydrogens (tertiary/aromatic N) is 1. The van der Waals surface area contributed by atoms with Crippen molar-refractivity contribution in [2.75, 3.05) is 19.7 Å².